The molecule has 120 valence electrons. The lowest BCUT2D eigenvalue weighted by molar-refractivity contribution is -0.157. The predicted octanol–water partition coefficient (Wildman–Crippen LogP) is 4.13. The van der Waals surface area contributed by atoms with Gasteiger partial charge in [0.2, 0.25) is 0 Å². The van der Waals surface area contributed by atoms with Gasteiger partial charge in [-0.15, -0.1) is 0 Å². The minimum absolute atomic E-state index is 0.0527. The number of rotatable bonds is 4. The van der Waals surface area contributed by atoms with Gasteiger partial charge in [0.15, 0.2) is 6.10 Å². The topological polar surface area (TPSA) is 38.8 Å². The highest BCUT2D eigenvalue weighted by Gasteiger charge is 2.48. The first-order valence-electron chi connectivity index (χ1n) is 8.47. The van der Waals surface area contributed by atoms with Crippen LogP contribution < -0.4 is 0 Å². The maximum Gasteiger partial charge on any atom is 0.338 e. The Labute approximate surface area is 133 Å². The lowest BCUT2D eigenvalue weighted by atomic mass is 9.75. The van der Waals surface area contributed by atoms with Crippen molar-refractivity contribution in [3.8, 4) is 0 Å². The van der Waals surface area contributed by atoms with Gasteiger partial charge in [0.25, 0.3) is 0 Å². The summed E-state index contributed by atoms with van der Waals surface area (Å²) in [7, 11) is 0. The van der Waals surface area contributed by atoms with E-state index in [1.807, 2.05) is 30.3 Å². The minimum atomic E-state index is -0.410. The quantitative estimate of drug-likeness (QED) is 0.620. The first kappa shape index (κ1) is 15.5. The van der Waals surface area contributed by atoms with E-state index in [1.54, 1.807) is 0 Å². The normalized spacial score (nSPS) is 34.5. The van der Waals surface area contributed by atoms with Gasteiger partial charge >= 0.3 is 5.97 Å². The summed E-state index contributed by atoms with van der Waals surface area (Å²) >= 11 is 0. The molecule has 3 heteroatoms. The Balaban J connectivity index is 1.59. The number of benzene rings is 1. The van der Waals surface area contributed by atoms with Crippen LogP contribution in [-0.2, 0) is 14.3 Å². The molecule has 0 unspecified atom stereocenters. The zero-order valence-corrected chi connectivity index (χ0v) is 13.7. The number of esters is 1. The van der Waals surface area contributed by atoms with Crippen LogP contribution in [0.3, 0.4) is 0 Å². The average molecular weight is 302 g/mol. The number of hydrogen-bond donors (Lipinski definition) is 0. The third-order valence-electron chi connectivity index (χ3n) is 5.08. The molecule has 3 nitrogen and oxygen atoms in total. The second-order valence-corrected chi connectivity index (χ2v) is 7.19. The molecule has 1 saturated heterocycles. The van der Waals surface area contributed by atoms with Gasteiger partial charge < -0.3 is 9.47 Å². The first-order valence-corrected chi connectivity index (χ1v) is 8.47. The van der Waals surface area contributed by atoms with Crippen LogP contribution >= 0.6 is 0 Å². The third kappa shape index (κ3) is 3.35. The van der Waals surface area contributed by atoms with Gasteiger partial charge in [0.1, 0.15) is 12.2 Å². The lowest BCUT2D eigenvalue weighted by Gasteiger charge is -2.36. The van der Waals surface area contributed by atoms with Crippen molar-refractivity contribution in [3.63, 3.8) is 0 Å². The molecule has 2 fully saturated rings. The highest BCUT2D eigenvalue weighted by molar-refractivity contribution is 5.78. The van der Waals surface area contributed by atoms with E-state index in [-0.39, 0.29) is 18.2 Å². The highest BCUT2D eigenvalue weighted by atomic mass is 16.6. The van der Waals surface area contributed by atoms with Crippen LogP contribution in [-0.4, -0.2) is 18.2 Å². The summed E-state index contributed by atoms with van der Waals surface area (Å²) in [6, 6.07) is 9.90. The first-order chi connectivity index (χ1) is 10.6. The third-order valence-corrected chi connectivity index (χ3v) is 5.08. The van der Waals surface area contributed by atoms with Crippen molar-refractivity contribution in [1.82, 2.24) is 0 Å². The molecule has 5 atom stereocenters. The maximum atomic E-state index is 12.4. The molecule has 3 rings (SSSR count). The van der Waals surface area contributed by atoms with Crippen molar-refractivity contribution < 1.29 is 14.3 Å². The van der Waals surface area contributed by atoms with Gasteiger partial charge in [0, 0.05) is 0 Å². The summed E-state index contributed by atoms with van der Waals surface area (Å²) in [4.78, 5) is 12.4. The average Bonchev–Trinajstić information content (AvgIpc) is 3.28. The van der Waals surface area contributed by atoms with Gasteiger partial charge in [-0.2, -0.15) is 0 Å². The van der Waals surface area contributed by atoms with E-state index >= 15 is 0 Å². The molecular formula is C19H26O3. The maximum absolute atomic E-state index is 12.4. The van der Waals surface area contributed by atoms with E-state index in [2.05, 4.69) is 20.8 Å². The van der Waals surface area contributed by atoms with Crippen molar-refractivity contribution in [2.45, 2.75) is 58.3 Å². The molecule has 1 aromatic carbocycles. The van der Waals surface area contributed by atoms with Crippen LogP contribution in [0.1, 0.15) is 51.7 Å². The molecule has 0 bridgehead atoms. The van der Waals surface area contributed by atoms with Crippen LogP contribution in [0.25, 0.3) is 0 Å². The van der Waals surface area contributed by atoms with E-state index in [1.165, 1.54) is 6.42 Å². The van der Waals surface area contributed by atoms with E-state index < -0.39 is 6.10 Å². The minimum Gasteiger partial charge on any atom is -0.460 e. The second kappa shape index (κ2) is 6.41. The summed E-state index contributed by atoms with van der Waals surface area (Å²) in [5, 5.41) is 0. The van der Waals surface area contributed by atoms with Crippen LogP contribution in [0.4, 0.5) is 0 Å². The molecule has 1 aliphatic heterocycles. The molecule has 1 aliphatic carbocycles. The standard InChI is InChI=1S/C19H26O3/c1-12(2)15-10-9-13(3)11-16(15)21-19(20)18-17(22-18)14-7-5-4-6-8-14/h4-8,12-13,15-18H,9-11H2,1-3H3/t13-,15+,16-,17+,18+/m1/s1. The molecular weight excluding hydrogens is 276 g/mol. The fourth-order valence-corrected chi connectivity index (χ4v) is 3.65. The molecule has 1 saturated carbocycles. The molecule has 0 radical (unpaired) electrons. The van der Waals surface area contributed by atoms with Gasteiger partial charge in [-0.3, -0.25) is 0 Å². The number of carbonyl (C=O) groups excluding carboxylic acids is 1. The molecule has 0 aromatic heterocycles. The SMILES string of the molecule is CC(C)[C@@H]1CC[C@@H](C)C[C@H]1OC(=O)[C@H]1O[C@H]1c1ccccc1. The summed E-state index contributed by atoms with van der Waals surface area (Å²) < 4.78 is 11.4. The molecule has 0 amide bonds. The summed E-state index contributed by atoms with van der Waals surface area (Å²) in [5.41, 5.74) is 1.06. The Hall–Kier alpha value is -1.35. The Kier molecular flexibility index (Phi) is 4.53. The van der Waals surface area contributed by atoms with E-state index in [4.69, 9.17) is 9.47 Å². The van der Waals surface area contributed by atoms with E-state index in [9.17, 15) is 4.79 Å². The Morgan fingerprint density at radius 2 is 1.95 bits per heavy atom. The summed E-state index contributed by atoms with van der Waals surface area (Å²) in [6.45, 7) is 6.70. The second-order valence-electron chi connectivity index (χ2n) is 7.19. The summed E-state index contributed by atoms with van der Waals surface area (Å²) in [6.07, 6.45) is 2.90. The Morgan fingerprint density at radius 1 is 1.23 bits per heavy atom. The summed E-state index contributed by atoms with van der Waals surface area (Å²) in [5.74, 6) is 1.49. The monoisotopic (exact) mass is 302 g/mol. The number of epoxide rings is 1. The van der Waals surface area contributed by atoms with Crippen molar-refractivity contribution in [3.05, 3.63) is 35.9 Å². The van der Waals surface area contributed by atoms with E-state index in [0.29, 0.717) is 17.8 Å². The Bertz CT molecular complexity index is 511. The number of carbonyl (C=O) groups is 1. The van der Waals surface area contributed by atoms with Crippen LogP contribution in [0.2, 0.25) is 0 Å². The molecule has 1 aromatic rings. The van der Waals surface area contributed by atoms with Gasteiger partial charge in [-0.1, -0.05) is 57.5 Å². The largest absolute Gasteiger partial charge is 0.460 e. The number of ether oxygens (including phenoxy) is 2. The van der Waals surface area contributed by atoms with Crippen molar-refractivity contribution in [2.75, 3.05) is 0 Å². The van der Waals surface area contributed by atoms with Crippen LogP contribution in [0.5, 0.6) is 0 Å². The molecule has 0 spiro atoms. The van der Waals surface area contributed by atoms with Crippen molar-refractivity contribution in [2.24, 2.45) is 17.8 Å². The van der Waals surface area contributed by atoms with Gasteiger partial charge in [-0.25, -0.2) is 4.79 Å². The molecule has 1 heterocycles. The molecule has 0 N–H and O–H groups in total. The van der Waals surface area contributed by atoms with Gasteiger partial charge in [-0.05, 0) is 36.2 Å². The van der Waals surface area contributed by atoms with Crippen molar-refractivity contribution >= 4 is 5.97 Å². The molecule has 2 aliphatic rings. The number of hydrogen-bond acceptors (Lipinski definition) is 3. The predicted molar refractivity (Wildman–Crippen MR) is 85.3 cm³/mol. The van der Waals surface area contributed by atoms with Gasteiger partial charge in [0.05, 0.1) is 0 Å². The zero-order valence-electron chi connectivity index (χ0n) is 13.7. The van der Waals surface area contributed by atoms with Crippen LogP contribution in [0, 0.1) is 17.8 Å². The fraction of sp³-hybridized carbons (Fsp3) is 0.632. The van der Waals surface area contributed by atoms with Crippen LogP contribution in [0.15, 0.2) is 30.3 Å². The zero-order chi connectivity index (χ0) is 15.7. The molecule has 22 heavy (non-hydrogen) atoms. The lowest BCUT2D eigenvalue weighted by Crippen LogP contribution is -2.36. The van der Waals surface area contributed by atoms with E-state index in [0.717, 1.165) is 18.4 Å². The van der Waals surface area contributed by atoms with Crippen molar-refractivity contribution in [1.29, 1.82) is 0 Å². The fourth-order valence-electron chi connectivity index (χ4n) is 3.65. The highest BCUT2D eigenvalue weighted by Crippen LogP contribution is 2.41. The smallest absolute Gasteiger partial charge is 0.338 e. The Morgan fingerprint density at radius 3 is 2.64 bits per heavy atom.